The Kier molecular flexibility index (Phi) is 3.47. The number of rotatable bonds is 6. The first kappa shape index (κ1) is 12.1. The molecule has 0 saturated heterocycles. The first-order valence-corrected chi connectivity index (χ1v) is 6.05. The first-order valence-electron chi connectivity index (χ1n) is 6.05. The second-order valence-corrected chi connectivity index (χ2v) is 4.95. The van der Waals surface area contributed by atoms with Crippen LogP contribution in [-0.2, 0) is 11.3 Å². The van der Waals surface area contributed by atoms with Gasteiger partial charge in [0.25, 0.3) is 0 Å². The summed E-state index contributed by atoms with van der Waals surface area (Å²) in [5.41, 5.74) is 1.09. The van der Waals surface area contributed by atoms with Gasteiger partial charge in [0.05, 0.1) is 12.7 Å². The lowest BCUT2D eigenvalue weighted by atomic mass is 10.3. The molecule has 1 aromatic heterocycles. The number of aromatic nitrogens is 2. The molecule has 1 aliphatic rings. The van der Waals surface area contributed by atoms with Crippen LogP contribution in [0, 0.1) is 0 Å². The molecule has 1 heterocycles. The molecule has 0 amide bonds. The molecule has 0 atom stereocenters. The molecular weight excluding hydrogens is 218 g/mol. The van der Waals surface area contributed by atoms with E-state index >= 15 is 0 Å². The van der Waals surface area contributed by atoms with E-state index in [1.807, 2.05) is 22.0 Å². The molecule has 5 nitrogen and oxygen atoms in total. The van der Waals surface area contributed by atoms with Crippen LogP contribution in [0.1, 0.15) is 38.3 Å². The summed E-state index contributed by atoms with van der Waals surface area (Å²) in [5.74, 6) is -0.756. The molecule has 2 rings (SSSR count). The Labute approximate surface area is 101 Å². The Morgan fingerprint density at radius 3 is 2.82 bits per heavy atom. The number of carbonyl (C=O) groups is 1. The minimum Gasteiger partial charge on any atom is -0.480 e. The van der Waals surface area contributed by atoms with E-state index in [-0.39, 0.29) is 6.54 Å². The molecule has 0 aliphatic heterocycles. The van der Waals surface area contributed by atoms with Crippen molar-refractivity contribution in [2.24, 2.45) is 0 Å². The third-order valence-electron chi connectivity index (χ3n) is 2.97. The van der Waals surface area contributed by atoms with E-state index in [4.69, 9.17) is 5.11 Å². The zero-order valence-corrected chi connectivity index (χ0v) is 10.3. The summed E-state index contributed by atoms with van der Waals surface area (Å²) in [5, 5.41) is 13.1. The highest BCUT2D eigenvalue weighted by atomic mass is 16.4. The first-order chi connectivity index (χ1) is 8.06. The molecule has 5 heteroatoms. The van der Waals surface area contributed by atoms with Gasteiger partial charge in [-0.3, -0.25) is 14.4 Å². The van der Waals surface area contributed by atoms with Gasteiger partial charge in [0, 0.05) is 30.4 Å². The Balaban J connectivity index is 1.98. The van der Waals surface area contributed by atoms with Crippen LogP contribution >= 0.6 is 0 Å². The predicted octanol–water partition coefficient (Wildman–Crippen LogP) is 1.51. The van der Waals surface area contributed by atoms with E-state index in [1.54, 1.807) is 0 Å². The molecule has 17 heavy (non-hydrogen) atoms. The molecule has 0 aromatic carbocycles. The maximum Gasteiger partial charge on any atom is 0.317 e. The predicted molar refractivity (Wildman–Crippen MR) is 63.7 cm³/mol. The van der Waals surface area contributed by atoms with Crippen LogP contribution in [0.5, 0.6) is 0 Å². The van der Waals surface area contributed by atoms with Gasteiger partial charge in [-0.2, -0.15) is 5.10 Å². The van der Waals surface area contributed by atoms with Crippen molar-refractivity contribution in [3.8, 4) is 0 Å². The van der Waals surface area contributed by atoms with Crippen LogP contribution in [0.2, 0.25) is 0 Å². The summed E-state index contributed by atoms with van der Waals surface area (Å²) in [6, 6.07) is 0.797. The summed E-state index contributed by atoms with van der Waals surface area (Å²) in [7, 11) is 0. The Bertz CT molecular complexity index is 396. The molecule has 0 spiro atoms. The van der Waals surface area contributed by atoms with Crippen molar-refractivity contribution in [2.45, 2.75) is 45.3 Å². The SMILES string of the molecule is CC(C)n1cc(CN(CC(=O)O)C2CC2)cn1. The molecule has 1 N–H and O–H groups in total. The maximum absolute atomic E-state index is 10.8. The van der Waals surface area contributed by atoms with Crippen molar-refractivity contribution in [1.29, 1.82) is 0 Å². The second-order valence-electron chi connectivity index (χ2n) is 4.95. The fourth-order valence-electron chi connectivity index (χ4n) is 1.90. The van der Waals surface area contributed by atoms with Gasteiger partial charge in [-0.1, -0.05) is 0 Å². The Hall–Kier alpha value is -1.36. The standard InChI is InChI=1S/C12H19N3O2/c1-9(2)15-7-10(5-13-15)6-14(8-12(16)17)11-3-4-11/h5,7,9,11H,3-4,6,8H2,1-2H3,(H,16,17). The minimum absolute atomic E-state index is 0.123. The fourth-order valence-corrected chi connectivity index (χ4v) is 1.90. The van der Waals surface area contributed by atoms with Gasteiger partial charge in [-0.15, -0.1) is 0 Å². The van der Waals surface area contributed by atoms with Crippen molar-refractivity contribution in [1.82, 2.24) is 14.7 Å². The lowest BCUT2D eigenvalue weighted by Crippen LogP contribution is -2.31. The number of hydrogen-bond donors (Lipinski definition) is 1. The summed E-state index contributed by atoms with van der Waals surface area (Å²) in [6.07, 6.45) is 6.07. The topological polar surface area (TPSA) is 58.4 Å². The normalized spacial score (nSPS) is 15.8. The lowest BCUT2D eigenvalue weighted by molar-refractivity contribution is -0.138. The van der Waals surface area contributed by atoms with Gasteiger partial charge in [0.15, 0.2) is 0 Å². The third-order valence-corrected chi connectivity index (χ3v) is 2.97. The van der Waals surface area contributed by atoms with Crippen LogP contribution in [0.4, 0.5) is 0 Å². The summed E-state index contributed by atoms with van der Waals surface area (Å²) >= 11 is 0. The summed E-state index contributed by atoms with van der Waals surface area (Å²) < 4.78 is 1.90. The maximum atomic E-state index is 10.8. The quantitative estimate of drug-likeness (QED) is 0.814. The van der Waals surface area contributed by atoms with E-state index in [0.29, 0.717) is 18.6 Å². The largest absolute Gasteiger partial charge is 0.480 e. The molecule has 1 aromatic rings. The monoisotopic (exact) mass is 237 g/mol. The highest BCUT2D eigenvalue weighted by Gasteiger charge is 2.30. The second kappa shape index (κ2) is 4.87. The Morgan fingerprint density at radius 2 is 2.35 bits per heavy atom. The molecular formula is C12H19N3O2. The highest BCUT2D eigenvalue weighted by Crippen LogP contribution is 2.28. The van der Waals surface area contributed by atoms with Crippen molar-refractivity contribution >= 4 is 5.97 Å². The van der Waals surface area contributed by atoms with E-state index in [9.17, 15) is 4.79 Å². The van der Waals surface area contributed by atoms with Gasteiger partial charge in [-0.05, 0) is 26.7 Å². The minimum atomic E-state index is -0.756. The van der Waals surface area contributed by atoms with Gasteiger partial charge in [-0.25, -0.2) is 0 Å². The highest BCUT2D eigenvalue weighted by molar-refractivity contribution is 5.69. The number of carboxylic acids is 1. The van der Waals surface area contributed by atoms with Gasteiger partial charge >= 0.3 is 5.97 Å². The van der Waals surface area contributed by atoms with Crippen LogP contribution < -0.4 is 0 Å². The Morgan fingerprint density at radius 1 is 1.65 bits per heavy atom. The van der Waals surface area contributed by atoms with E-state index in [1.165, 1.54) is 0 Å². The number of aliphatic carboxylic acids is 1. The molecule has 94 valence electrons. The molecule has 1 fully saturated rings. The van der Waals surface area contributed by atoms with Gasteiger partial charge < -0.3 is 5.11 Å². The zero-order chi connectivity index (χ0) is 12.4. The van der Waals surface area contributed by atoms with E-state index in [2.05, 4.69) is 18.9 Å². The smallest absolute Gasteiger partial charge is 0.317 e. The van der Waals surface area contributed by atoms with Crippen molar-refractivity contribution < 1.29 is 9.90 Å². The molecule has 0 bridgehead atoms. The summed E-state index contributed by atoms with van der Waals surface area (Å²) in [4.78, 5) is 12.8. The van der Waals surface area contributed by atoms with Crippen molar-refractivity contribution in [2.75, 3.05) is 6.54 Å². The zero-order valence-electron chi connectivity index (χ0n) is 10.3. The third kappa shape index (κ3) is 3.30. The molecule has 1 saturated carbocycles. The van der Waals surface area contributed by atoms with Crippen LogP contribution in [0.15, 0.2) is 12.4 Å². The average Bonchev–Trinajstić information content (AvgIpc) is 2.97. The lowest BCUT2D eigenvalue weighted by Gasteiger charge is -2.18. The number of nitrogens with zero attached hydrogens (tertiary/aromatic N) is 3. The van der Waals surface area contributed by atoms with Crippen molar-refractivity contribution in [3.63, 3.8) is 0 Å². The molecule has 0 unspecified atom stereocenters. The average molecular weight is 237 g/mol. The van der Waals surface area contributed by atoms with Crippen LogP contribution in [-0.4, -0.2) is 38.3 Å². The van der Waals surface area contributed by atoms with Gasteiger partial charge in [0.1, 0.15) is 0 Å². The number of carboxylic acid groups (broad SMARTS) is 1. The van der Waals surface area contributed by atoms with E-state index < -0.39 is 5.97 Å². The van der Waals surface area contributed by atoms with E-state index in [0.717, 1.165) is 18.4 Å². The fraction of sp³-hybridized carbons (Fsp3) is 0.667. The molecule has 0 radical (unpaired) electrons. The number of hydrogen-bond acceptors (Lipinski definition) is 3. The summed E-state index contributed by atoms with van der Waals surface area (Å²) in [6.45, 7) is 4.96. The van der Waals surface area contributed by atoms with Gasteiger partial charge in [0.2, 0.25) is 0 Å². The van der Waals surface area contributed by atoms with Crippen molar-refractivity contribution in [3.05, 3.63) is 18.0 Å². The van der Waals surface area contributed by atoms with Crippen LogP contribution in [0.3, 0.4) is 0 Å². The molecule has 1 aliphatic carbocycles. The van der Waals surface area contributed by atoms with Crippen LogP contribution in [0.25, 0.3) is 0 Å².